The number of imidazole rings is 1. The van der Waals surface area contributed by atoms with Crippen LogP contribution in [0.1, 0.15) is 29.8 Å². The summed E-state index contributed by atoms with van der Waals surface area (Å²) in [6, 6.07) is 16.7. The van der Waals surface area contributed by atoms with Crippen LogP contribution < -0.4 is 5.32 Å². The first-order valence-electron chi connectivity index (χ1n) is 10.6. The molecule has 2 heterocycles. The molecule has 1 aromatic heterocycles. The third-order valence-electron chi connectivity index (χ3n) is 6.02. The predicted molar refractivity (Wildman–Crippen MR) is 117 cm³/mol. The highest BCUT2D eigenvalue weighted by atomic mass is 16.1. The Morgan fingerprint density at radius 2 is 1.93 bits per heavy atom. The topological polar surface area (TPSA) is 50.2 Å². The molecule has 0 radical (unpaired) electrons. The summed E-state index contributed by atoms with van der Waals surface area (Å²) in [7, 11) is 0. The Kier molecular flexibility index (Phi) is 5.95. The monoisotopic (exact) mass is 390 g/mol. The number of hydrogen-bond acceptors (Lipinski definition) is 3. The molecule has 1 aliphatic heterocycles. The van der Waals surface area contributed by atoms with Gasteiger partial charge in [-0.05, 0) is 56.0 Å². The standard InChI is InChI=1S/C24H30N4O/c1-18-7-3-4-8-21(18)17-27-13-11-20(16-27)15-25-24(29)12-14-28-19(2)26-22-9-5-6-10-23(22)28/h3-10,20H,11-17H2,1-2H3,(H,25,29). The number of benzene rings is 2. The van der Waals surface area contributed by atoms with Crippen LogP contribution in [0.15, 0.2) is 48.5 Å². The molecule has 1 saturated heterocycles. The quantitative estimate of drug-likeness (QED) is 0.669. The predicted octanol–water partition coefficient (Wildman–Crippen LogP) is 3.68. The third-order valence-corrected chi connectivity index (χ3v) is 6.02. The van der Waals surface area contributed by atoms with E-state index in [-0.39, 0.29) is 5.91 Å². The molecule has 5 heteroatoms. The van der Waals surface area contributed by atoms with Crippen LogP contribution >= 0.6 is 0 Å². The van der Waals surface area contributed by atoms with Crippen LogP contribution in [0, 0.1) is 19.8 Å². The maximum absolute atomic E-state index is 12.4. The fourth-order valence-corrected chi connectivity index (χ4v) is 4.29. The Labute approximate surface area is 172 Å². The van der Waals surface area contributed by atoms with Gasteiger partial charge in [-0.3, -0.25) is 9.69 Å². The second-order valence-electron chi connectivity index (χ2n) is 8.17. The molecule has 0 aliphatic carbocycles. The summed E-state index contributed by atoms with van der Waals surface area (Å²) in [5.41, 5.74) is 4.84. The molecule has 1 amide bonds. The summed E-state index contributed by atoms with van der Waals surface area (Å²) in [4.78, 5) is 19.5. The Bertz CT molecular complexity index is 993. The minimum absolute atomic E-state index is 0.125. The number of aromatic nitrogens is 2. The van der Waals surface area contributed by atoms with Crippen molar-refractivity contribution in [2.24, 2.45) is 5.92 Å². The lowest BCUT2D eigenvalue weighted by Gasteiger charge is -2.17. The molecule has 152 valence electrons. The van der Waals surface area contributed by atoms with E-state index >= 15 is 0 Å². The van der Waals surface area contributed by atoms with Gasteiger partial charge in [0.05, 0.1) is 11.0 Å². The molecule has 1 N–H and O–H groups in total. The Hall–Kier alpha value is -2.66. The lowest BCUT2D eigenvalue weighted by Crippen LogP contribution is -2.31. The molecule has 1 fully saturated rings. The fraction of sp³-hybridized carbons (Fsp3) is 0.417. The number of para-hydroxylation sites is 2. The molecule has 3 aromatic rings. The average Bonchev–Trinajstić information content (AvgIpc) is 3.30. The van der Waals surface area contributed by atoms with Crippen molar-refractivity contribution in [2.45, 2.75) is 39.8 Å². The molecule has 0 spiro atoms. The van der Waals surface area contributed by atoms with Crippen molar-refractivity contribution in [1.29, 1.82) is 0 Å². The highest BCUT2D eigenvalue weighted by molar-refractivity contribution is 5.78. The van der Waals surface area contributed by atoms with E-state index < -0.39 is 0 Å². The van der Waals surface area contributed by atoms with Crippen molar-refractivity contribution in [3.63, 3.8) is 0 Å². The van der Waals surface area contributed by atoms with Gasteiger partial charge in [0.25, 0.3) is 0 Å². The first-order valence-corrected chi connectivity index (χ1v) is 10.6. The van der Waals surface area contributed by atoms with E-state index in [0.717, 1.165) is 49.5 Å². The summed E-state index contributed by atoms with van der Waals surface area (Å²) in [6.45, 7) is 8.78. The summed E-state index contributed by atoms with van der Waals surface area (Å²) in [5, 5.41) is 3.15. The van der Waals surface area contributed by atoms with E-state index in [1.807, 2.05) is 25.1 Å². The zero-order valence-electron chi connectivity index (χ0n) is 17.4. The van der Waals surface area contributed by atoms with Crippen LogP contribution in [0.25, 0.3) is 11.0 Å². The number of hydrogen-bond donors (Lipinski definition) is 1. The Balaban J connectivity index is 1.23. The molecule has 2 aromatic carbocycles. The Morgan fingerprint density at radius 3 is 2.79 bits per heavy atom. The zero-order valence-corrected chi connectivity index (χ0v) is 17.4. The molecule has 4 rings (SSSR count). The lowest BCUT2D eigenvalue weighted by atomic mass is 10.1. The molecule has 1 unspecified atom stereocenters. The van der Waals surface area contributed by atoms with Gasteiger partial charge in [0.1, 0.15) is 5.82 Å². The van der Waals surface area contributed by atoms with Crippen molar-refractivity contribution in [3.05, 3.63) is 65.5 Å². The van der Waals surface area contributed by atoms with Crippen molar-refractivity contribution in [3.8, 4) is 0 Å². The van der Waals surface area contributed by atoms with E-state index in [1.165, 1.54) is 11.1 Å². The summed E-state index contributed by atoms with van der Waals surface area (Å²) < 4.78 is 2.13. The SMILES string of the molecule is Cc1ccccc1CN1CCC(CNC(=O)CCn2c(C)nc3ccccc32)C1. The van der Waals surface area contributed by atoms with Gasteiger partial charge >= 0.3 is 0 Å². The van der Waals surface area contributed by atoms with Crippen molar-refractivity contribution in [2.75, 3.05) is 19.6 Å². The molecular weight excluding hydrogens is 360 g/mol. The summed E-state index contributed by atoms with van der Waals surface area (Å²) in [5.74, 6) is 1.62. The molecule has 1 aliphatic rings. The van der Waals surface area contributed by atoms with Gasteiger partial charge in [0.15, 0.2) is 0 Å². The molecule has 0 bridgehead atoms. The number of likely N-dealkylation sites (tertiary alicyclic amines) is 1. The second kappa shape index (κ2) is 8.78. The first-order chi connectivity index (χ1) is 14.1. The van der Waals surface area contributed by atoms with E-state index in [9.17, 15) is 4.79 Å². The minimum atomic E-state index is 0.125. The number of nitrogens with zero attached hydrogens (tertiary/aromatic N) is 3. The highest BCUT2D eigenvalue weighted by Crippen LogP contribution is 2.20. The van der Waals surface area contributed by atoms with E-state index in [0.29, 0.717) is 18.9 Å². The maximum atomic E-state index is 12.4. The summed E-state index contributed by atoms with van der Waals surface area (Å²) >= 11 is 0. The van der Waals surface area contributed by atoms with Crippen LogP contribution in [0.5, 0.6) is 0 Å². The van der Waals surface area contributed by atoms with Gasteiger partial charge in [-0.15, -0.1) is 0 Å². The van der Waals surface area contributed by atoms with Crippen LogP contribution in [0.2, 0.25) is 0 Å². The minimum Gasteiger partial charge on any atom is -0.356 e. The van der Waals surface area contributed by atoms with E-state index in [2.05, 4.69) is 57.0 Å². The van der Waals surface area contributed by atoms with Gasteiger partial charge in [-0.1, -0.05) is 36.4 Å². The zero-order chi connectivity index (χ0) is 20.2. The number of aryl methyl sites for hydroxylation is 3. The maximum Gasteiger partial charge on any atom is 0.221 e. The van der Waals surface area contributed by atoms with Gasteiger partial charge in [-0.2, -0.15) is 0 Å². The number of nitrogens with one attached hydrogen (secondary N) is 1. The third kappa shape index (κ3) is 4.67. The van der Waals surface area contributed by atoms with E-state index in [4.69, 9.17) is 0 Å². The van der Waals surface area contributed by atoms with Gasteiger partial charge in [0, 0.05) is 32.6 Å². The number of carbonyl (C=O) groups excluding carboxylic acids is 1. The van der Waals surface area contributed by atoms with Crippen molar-refractivity contribution >= 4 is 16.9 Å². The molecule has 29 heavy (non-hydrogen) atoms. The van der Waals surface area contributed by atoms with Gasteiger partial charge in [-0.25, -0.2) is 4.98 Å². The van der Waals surface area contributed by atoms with Crippen LogP contribution in [-0.2, 0) is 17.9 Å². The largest absolute Gasteiger partial charge is 0.356 e. The molecule has 1 atom stereocenters. The highest BCUT2D eigenvalue weighted by Gasteiger charge is 2.23. The number of carbonyl (C=O) groups is 1. The van der Waals surface area contributed by atoms with Crippen molar-refractivity contribution in [1.82, 2.24) is 19.8 Å². The fourth-order valence-electron chi connectivity index (χ4n) is 4.29. The van der Waals surface area contributed by atoms with Gasteiger partial charge < -0.3 is 9.88 Å². The first kappa shape index (κ1) is 19.6. The molecule has 5 nitrogen and oxygen atoms in total. The number of rotatable bonds is 7. The second-order valence-corrected chi connectivity index (χ2v) is 8.17. The number of amides is 1. The summed E-state index contributed by atoms with van der Waals surface area (Å²) in [6.07, 6.45) is 1.64. The lowest BCUT2D eigenvalue weighted by molar-refractivity contribution is -0.121. The normalized spacial score (nSPS) is 17.1. The Morgan fingerprint density at radius 1 is 1.14 bits per heavy atom. The smallest absolute Gasteiger partial charge is 0.221 e. The van der Waals surface area contributed by atoms with E-state index in [1.54, 1.807) is 0 Å². The van der Waals surface area contributed by atoms with Crippen LogP contribution in [0.3, 0.4) is 0 Å². The van der Waals surface area contributed by atoms with Gasteiger partial charge in [0.2, 0.25) is 5.91 Å². The van der Waals surface area contributed by atoms with Crippen LogP contribution in [-0.4, -0.2) is 40.0 Å². The van der Waals surface area contributed by atoms with Crippen molar-refractivity contribution < 1.29 is 4.79 Å². The molecule has 0 saturated carbocycles. The van der Waals surface area contributed by atoms with Crippen LogP contribution in [0.4, 0.5) is 0 Å². The average molecular weight is 391 g/mol. The molecular formula is C24H30N4O. The number of fused-ring (bicyclic) bond motifs is 1.